The Bertz CT molecular complexity index is 999. The van der Waals surface area contributed by atoms with Crippen LogP contribution in [0.5, 0.6) is 11.5 Å². The zero-order chi connectivity index (χ0) is 20.8. The largest absolute Gasteiger partial charge is 0.493 e. The van der Waals surface area contributed by atoms with Crippen molar-refractivity contribution in [3.8, 4) is 11.5 Å². The number of nitrogens with one attached hydrogen (secondary N) is 1. The van der Waals surface area contributed by atoms with E-state index in [1.807, 2.05) is 30.3 Å². The normalized spacial score (nSPS) is 10.7. The van der Waals surface area contributed by atoms with Crippen LogP contribution in [-0.4, -0.2) is 19.6 Å². The number of ether oxygens (including phenoxy) is 2. The molecule has 1 amide bonds. The van der Waals surface area contributed by atoms with Gasteiger partial charge in [-0.25, -0.2) is 0 Å². The molecule has 0 radical (unpaired) electrons. The maximum Gasteiger partial charge on any atom is 0.387 e. The first-order valence-corrected chi connectivity index (χ1v) is 9.62. The Kier molecular flexibility index (Phi) is 6.95. The number of para-hydroxylation sites is 1. The fraction of sp³-hybridized carbons (Fsp3) is 0.0952. The highest BCUT2D eigenvalue weighted by Crippen LogP contribution is 2.35. The Morgan fingerprint density at radius 3 is 2.45 bits per heavy atom. The molecule has 0 aliphatic rings. The van der Waals surface area contributed by atoms with Crippen LogP contribution < -0.4 is 14.8 Å². The Morgan fingerprint density at radius 1 is 1.03 bits per heavy atom. The molecule has 0 fully saturated rings. The van der Waals surface area contributed by atoms with Crippen molar-refractivity contribution in [1.29, 1.82) is 0 Å². The summed E-state index contributed by atoms with van der Waals surface area (Å²) in [5.41, 5.74) is 0.860. The number of methoxy groups -OCH3 is 1. The first-order chi connectivity index (χ1) is 14.0. The highest BCUT2D eigenvalue weighted by atomic mass is 35.5. The molecule has 3 aromatic rings. The lowest BCUT2D eigenvalue weighted by atomic mass is 10.2. The Hall–Kier alpha value is -2.77. The molecule has 0 aliphatic carbocycles. The molecular formula is C21H16ClF2NO3S. The number of rotatable bonds is 7. The van der Waals surface area contributed by atoms with Crippen molar-refractivity contribution in [2.45, 2.75) is 16.4 Å². The summed E-state index contributed by atoms with van der Waals surface area (Å²) in [5.74, 6) is -0.504. The Labute approximate surface area is 175 Å². The minimum Gasteiger partial charge on any atom is -0.493 e. The van der Waals surface area contributed by atoms with Crippen LogP contribution in [0.3, 0.4) is 0 Å². The van der Waals surface area contributed by atoms with E-state index in [-0.39, 0.29) is 17.1 Å². The molecule has 0 unspecified atom stereocenters. The molecule has 4 nitrogen and oxygen atoms in total. The van der Waals surface area contributed by atoms with E-state index in [1.165, 1.54) is 37.1 Å². The van der Waals surface area contributed by atoms with Crippen molar-refractivity contribution in [3.63, 3.8) is 0 Å². The number of anilines is 1. The Morgan fingerprint density at radius 2 is 1.76 bits per heavy atom. The van der Waals surface area contributed by atoms with Crippen LogP contribution in [0.2, 0.25) is 5.02 Å². The van der Waals surface area contributed by atoms with Gasteiger partial charge in [0.2, 0.25) is 0 Å². The van der Waals surface area contributed by atoms with E-state index in [2.05, 4.69) is 10.1 Å². The van der Waals surface area contributed by atoms with Crippen molar-refractivity contribution in [3.05, 3.63) is 77.3 Å². The van der Waals surface area contributed by atoms with Gasteiger partial charge in [-0.3, -0.25) is 4.79 Å². The predicted octanol–water partition coefficient (Wildman–Crippen LogP) is 6.35. The minimum absolute atomic E-state index is 0.0433. The van der Waals surface area contributed by atoms with Gasteiger partial charge in [-0.05, 0) is 54.6 Å². The van der Waals surface area contributed by atoms with Gasteiger partial charge < -0.3 is 14.8 Å². The van der Waals surface area contributed by atoms with Crippen LogP contribution in [0.4, 0.5) is 14.5 Å². The van der Waals surface area contributed by atoms with Crippen LogP contribution in [-0.2, 0) is 0 Å². The first-order valence-electron chi connectivity index (χ1n) is 8.43. The number of carbonyl (C=O) groups is 1. The van der Waals surface area contributed by atoms with Crippen LogP contribution in [0.25, 0.3) is 0 Å². The van der Waals surface area contributed by atoms with Gasteiger partial charge in [-0.15, -0.1) is 0 Å². The van der Waals surface area contributed by atoms with Crippen LogP contribution in [0.15, 0.2) is 76.5 Å². The average Bonchev–Trinajstić information content (AvgIpc) is 2.71. The third-order valence-electron chi connectivity index (χ3n) is 3.82. The summed E-state index contributed by atoms with van der Waals surface area (Å²) >= 11 is 7.39. The molecule has 3 aromatic carbocycles. The third kappa shape index (κ3) is 5.62. The molecule has 3 rings (SSSR count). The number of hydrogen-bond donors (Lipinski definition) is 1. The summed E-state index contributed by atoms with van der Waals surface area (Å²) < 4.78 is 34.4. The van der Waals surface area contributed by atoms with Gasteiger partial charge in [-0.1, -0.05) is 35.5 Å². The van der Waals surface area contributed by atoms with E-state index in [0.717, 1.165) is 9.79 Å². The second-order valence-corrected chi connectivity index (χ2v) is 7.30. The van der Waals surface area contributed by atoms with Crippen molar-refractivity contribution in [2.75, 3.05) is 12.4 Å². The Balaban J connectivity index is 1.79. The van der Waals surface area contributed by atoms with Crippen LogP contribution >= 0.6 is 23.4 Å². The summed E-state index contributed by atoms with van der Waals surface area (Å²) in [5, 5.41) is 3.48. The molecule has 29 heavy (non-hydrogen) atoms. The van der Waals surface area contributed by atoms with Gasteiger partial charge in [0.15, 0.2) is 11.5 Å². The summed E-state index contributed by atoms with van der Waals surface area (Å²) in [6, 6.07) is 18.7. The number of alkyl halides is 2. The van der Waals surface area contributed by atoms with E-state index in [0.29, 0.717) is 10.7 Å². The molecule has 0 spiro atoms. The van der Waals surface area contributed by atoms with Crippen molar-refractivity contribution < 1.29 is 23.0 Å². The van der Waals surface area contributed by atoms with E-state index < -0.39 is 12.5 Å². The van der Waals surface area contributed by atoms with Crippen molar-refractivity contribution >= 4 is 35.0 Å². The summed E-state index contributed by atoms with van der Waals surface area (Å²) in [4.78, 5) is 14.5. The van der Waals surface area contributed by atoms with Crippen molar-refractivity contribution in [2.24, 2.45) is 0 Å². The molecule has 150 valence electrons. The van der Waals surface area contributed by atoms with Gasteiger partial charge in [0.25, 0.3) is 5.91 Å². The molecule has 0 atom stereocenters. The maximum absolute atomic E-state index is 12.7. The fourth-order valence-electron chi connectivity index (χ4n) is 2.49. The highest BCUT2D eigenvalue weighted by molar-refractivity contribution is 7.99. The molecule has 0 saturated carbocycles. The zero-order valence-corrected chi connectivity index (χ0v) is 16.8. The van der Waals surface area contributed by atoms with Gasteiger partial charge >= 0.3 is 6.61 Å². The minimum atomic E-state index is -2.99. The SMILES string of the molecule is COc1cc(C(=O)Nc2ccccc2Sc2ccc(Cl)cc2)ccc1OC(F)F. The van der Waals surface area contributed by atoms with Crippen molar-refractivity contribution in [1.82, 2.24) is 0 Å². The lowest BCUT2D eigenvalue weighted by molar-refractivity contribution is -0.0512. The number of hydrogen-bond acceptors (Lipinski definition) is 4. The van der Waals surface area contributed by atoms with Crippen LogP contribution in [0, 0.1) is 0 Å². The maximum atomic E-state index is 12.7. The predicted molar refractivity (Wildman–Crippen MR) is 110 cm³/mol. The molecule has 0 heterocycles. The standard InChI is InChI=1S/C21H16ClF2NO3S/c1-27-18-12-13(6-11-17(18)28-21(23)24)20(26)25-16-4-2-3-5-19(16)29-15-9-7-14(22)8-10-15/h2-12,21H,1H3,(H,25,26). The monoisotopic (exact) mass is 435 g/mol. The lowest BCUT2D eigenvalue weighted by Gasteiger charge is -2.13. The molecule has 0 saturated heterocycles. The molecule has 0 aromatic heterocycles. The molecule has 0 bridgehead atoms. The van der Waals surface area contributed by atoms with E-state index >= 15 is 0 Å². The molecule has 1 N–H and O–H groups in total. The van der Waals surface area contributed by atoms with Crippen LogP contribution in [0.1, 0.15) is 10.4 Å². The van der Waals surface area contributed by atoms with E-state index in [1.54, 1.807) is 18.2 Å². The number of halogens is 3. The molecule has 0 aliphatic heterocycles. The lowest BCUT2D eigenvalue weighted by Crippen LogP contribution is -2.13. The summed E-state index contributed by atoms with van der Waals surface area (Å²) in [7, 11) is 1.31. The second kappa shape index (κ2) is 9.62. The molecule has 8 heteroatoms. The topological polar surface area (TPSA) is 47.6 Å². The third-order valence-corrected chi connectivity index (χ3v) is 5.15. The van der Waals surface area contributed by atoms with Gasteiger partial charge in [-0.2, -0.15) is 8.78 Å². The number of benzene rings is 3. The van der Waals surface area contributed by atoms with E-state index in [4.69, 9.17) is 16.3 Å². The number of amides is 1. The first kappa shape index (κ1) is 21.0. The van der Waals surface area contributed by atoms with Gasteiger partial charge in [0, 0.05) is 20.4 Å². The zero-order valence-electron chi connectivity index (χ0n) is 15.2. The van der Waals surface area contributed by atoms with Gasteiger partial charge in [0.1, 0.15) is 0 Å². The summed E-state index contributed by atoms with van der Waals surface area (Å²) in [6.45, 7) is -2.99. The fourth-order valence-corrected chi connectivity index (χ4v) is 3.51. The van der Waals surface area contributed by atoms with Gasteiger partial charge in [0.05, 0.1) is 12.8 Å². The smallest absolute Gasteiger partial charge is 0.387 e. The quantitative estimate of drug-likeness (QED) is 0.469. The van der Waals surface area contributed by atoms with E-state index in [9.17, 15) is 13.6 Å². The highest BCUT2D eigenvalue weighted by Gasteiger charge is 2.15. The average molecular weight is 436 g/mol. The molecular weight excluding hydrogens is 420 g/mol. The second-order valence-electron chi connectivity index (χ2n) is 5.75. The summed E-state index contributed by atoms with van der Waals surface area (Å²) in [6.07, 6.45) is 0. The number of carbonyl (C=O) groups excluding carboxylic acids is 1.